The van der Waals surface area contributed by atoms with Gasteiger partial charge in [-0.15, -0.1) is 0 Å². The largest absolute Gasteiger partial charge is 0.497 e. The number of hydrogen-bond acceptors (Lipinski definition) is 6. The van der Waals surface area contributed by atoms with E-state index in [1.165, 1.54) is 25.3 Å². The van der Waals surface area contributed by atoms with Gasteiger partial charge in [-0.1, -0.05) is 12.1 Å². The number of ether oxygens (including phenoxy) is 2. The molecular formula is C20H22FN3O4. The minimum atomic E-state index is -1.15. The second kappa shape index (κ2) is 7.85. The SMILES string of the molecule is COc1cc(NC(=O)CC2(C)N=C(c3ccccc3F)N(C)O2)cc(OC)c1. The van der Waals surface area contributed by atoms with Crippen molar-refractivity contribution in [2.24, 2.45) is 4.99 Å². The van der Waals surface area contributed by atoms with Crippen molar-refractivity contribution >= 4 is 17.4 Å². The quantitative estimate of drug-likeness (QED) is 0.824. The molecule has 7 nitrogen and oxygen atoms in total. The molecule has 2 aromatic carbocycles. The molecule has 1 N–H and O–H groups in total. The number of carbonyl (C=O) groups is 1. The van der Waals surface area contributed by atoms with Gasteiger partial charge >= 0.3 is 0 Å². The van der Waals surface area contributed by atoms with Gasteiger partial charge in [-0.3, -0.25) is 4.79 Å². The standard InChI is InChI=1S/C20H22FN3O4/c1-20(23-19(24(2)28-20)16-7-5-6-8-17(16)21)12-18(25)22-13-9-14(26-3)11-15(10-13)27-4/h5-11H,12H2,1-4H3,(H,22,25). The van der Waals surface area contributed by atoms with E-state index in [4.69, 9.17) is 14.3 Å². The predicted octanol–water partition coefficient (Wildman–Crippen LogP) is 3.21. The van der Waals surface area contributed by atoms with Crippen LogP contribution in [0, 0.1) is 5.82 Å². The van der Waals surface area contributed by atoms with Crippen molar-refractivity contribution in [3.63, 3.8) is 0 Å². The fourth-order valence-electron chi connectivity index (χ4n) is 2.98. The maximum atomic E-state index is 14.1. The summed E-state index contributed by atoms with van der Waals surface area (Å²) < 4.78 is 24.5. The Balaban J connectivity index is 1.76. The van der Waals surface area contributed by atoms with Gasteiger partial charge < -0.3 is 14.8 Å². The summed E-state index contributed by atoms with van der Waals surface area (Å²) in [5.74, 6) is 0.713. The number of nitrogens with one attached hydrogen (secondary N) is 1. The molecular weight excluding hydrogens is 365 g/mol. The molecule has 0 saturated heterocycles. The third-order valence-electron chi connectivity index (χ3n) is 4.21. The van der Waals surface area contributed by atoms with E-state index in [0.717, 1.165) is 0 Å². The van der Waals surface area contributed by atoms with Gasteiger partial charge in [-0.05, 0) is 19.1 Å². The smallest absolute Gasteiger partial charge is 0.229 e. The minimum Gasteiger partial charge on any atom is -0.497 e. The van der Waals surface area contributed by atoms with Crippen LogP contribution in [0.4, 0.5) is 10.1 Å². The molecule has 0 spiro atoms. The third kappa shape index (κ3) is 4.23. The summed E-state index contributed by atoms with van der Waals surface area (Å²) in [5.41, 5.74) is -0.319. The molecule has 28 heavy (non-hydrogen) atoms. The number of nitrogens with zero attached hydrogens (tertiary/aromatic N) is 2. The molecule has 0 aliphatic carbocycles. The molecule has 2 aromatic rings. The van der Waals surface area contributed by atoms with Crippen molar-refractivity contribution < 1.29 is 23.5 Å². The summed E-state index contributed by atoms with van der Waals surface area (Å²) in [5, 5.41) is 4.16. The number of benzene rings is 2. The molecule has 148 valence electrons. The monoisotopic (exact) mass is 387 g/mol. The molecule has 1 aliphatic heterocycles. The van der Waals surface area contributed by atoms with Crippen molar-refractivity contribution in [3.8, 4) is 11.5 Å². The number of hydroxylamine groups is 2. The molecule has 0 fully saturated rings. The van der Waals surface area contributed by atoms with Gasteiger partial charge in [0.05, 0.1) is 26.2 Å². The number of aliphatic imine (C=N–C) groups is 1. The maximum absolute atomic E-state index is 14.1. The van der Waals surface area contributed by atoms with Crippen LogP contribution in [-0.4, -0.2) is 43.8 Å². The van der Waals surface area contributed by atoms with Crippen molar-refractivity contribution in [3.05, 3.63) is 53.8 Å². The van der Waals surface area contributed by atoms with E-state index in [0.29, 0.717) is 28.6 Å². The van der Waals surface area contributed by atoms with E-state index in [1.807, 2.05) is 0 Å². The summed E-state index contributed by atoms with van der Waals surface area (Å²) in [6.07, 6.45) is -0.0607. The zero-order valence-corrected chi connectivity index (χ0v) is 16.2. The number of carbonyl (C=O) groups excluding carboxylic acids is 1. The van der Waals surface area contributed by atoms with Gasteiger partial charge in [0.25, 0.3) is 0 Å². The highest BCUT2D eigenvalue weighted by molar-refractivity contribution is 6.00. The zero-order chi connectivity index (χ0) is 20.3. The van der Waals surface area contributed by atoms with Crippen LogP contribution in [0.25, 0.3) is 0 Å². The average molecular weight is 387 g/mol. The third-order valence-corrected chi connectivity index (χ3v) is 4.21. The lowest BCUT2D eigenvalue weighted by Gasteiger charge is -2.21. The molecule has 1 heterocycles. The highest BCUT2D eigenvalue weighted by Gasteiger charge is 2.38. The number of amides is 1. The molecule has 8 heteroatoms. The van der Waals surface area contributed by atoms with E-state index in [1.54, 1.807) is 50.4 Å². The first-order valence-electron chi connectivity index (χ1n) is 8.64. The first kappa shape index (κ1) is 19.6. The lowest BCUT2D eigenvalue weighted by atomic mass is 10.1. The molecule has 1 aliphatic rings. The predicted molar refractivity (Wildman–Crippen MR) is 103 cm³/mol. The number of hydrogen-bond donors (Lipinski definition) is 1. The first-order chi connectivity index (χ1) is 13.3. The van der Waals surface area contributed by atoms with Gasteiger partial charge in [0.15, 0.2) is 11.6 Å². The van der Waals surface area contributed by atoms with Crippen molar-refractivity contribution in [2.45, 2.75) is 19.1 Å². The fraction of sp³-hybridized carbons (Fsp3) is 0.300. The van der Waals surface area contributed by atoms with Gasteiger partial charge in [0.2, 0.25) is 5.91 Å². The van der Waals surface area contributed by atoms with E-state index < -0.39 is 11.5 Å². The molecule has 1 amide bonds. The summed E-state index contributed by atoms with van der Waals surface area (Å²) in [6.45, 7) is 1.67. The highest BCUT2D eigenvalue weighted by atomic mass is 19.1. The zero-order valence-electron chi connectivity index (χ0n) is 16.2. The topological polar surface area (TPSA) is 72.4 Å². The highest BCUT2D eigenvalue weighted by Crippen LogP contribution is 2.30. The molecule has 0 saturated carbocycles. The Morgan fingerprint density at radius 2 is 1.86 bits per heavy atom. The Hall–Kier alpha value is -3.13. The van der Waals surface area contributed by atoms with E-state index in [2.05, 4.69) is 10.3 Å². The molecule has 0 radical (unpaired) electrons. The van der Waals surface area contributed by atoms with Crippen LogP contribution >= 0.6 is 0 Å². The first-order valence-corrected chi connectivity index (χ1v) is 8.64. The van der Waals surface area contributed by atoms with Crippen LogP contribution in [0.2, 0.25) is 0 Å². The van der Waals surface area contributed by atoms with Crippen LogP contribution in [0.15, 0.2) is 47.5 Å². The van der Waals surface area contributed by atoms with Gasteiger partial charge in [-0.2, -0.15) is 0 Å². The van der Waals surface area contributed by atoms with Crippen molar-refractivity contribution in [1.82, 2.24) is 5.06 Å². The Kier molecular flexibility index (Phi) is 5.51. The fourth-order valence-corrected chi connectivity index (χ4v) is 2.98. The second-order valence-corrected chi connectivity index (χ2v) is 6.51. The number of rotatable bonds is 6. The van der Waals surface area contributed by atoms with Gasteiger partial charge in [0.1, 0.15) is 17.3 Å². The van der Waals surface area contributed by atoms with E-state index >= 15 is 0 Å². The lowest BCUT2D eigenvalue weighted by molar-refractivity contribution is -0.164. The van der Waals surface area contributed by atoms with Crippen LogP contribution in [0.5, 0.6) is 11.5 Å². The van der Waals surface area contributed by atoms with Crippen LogP contribution in [0.3, 0.4) is 0 Å². The van der Waals surface area contributed by atoms with Crippen LogP contribution < -0.4 is 14.8 Å². The maximum Gasteiger partial charge on any atom is 0.229 e. The lowest BCUT2D eigenvalue weighted by Crippen LogP contribution is -2.32. The van der Waals surface area contributed by atoms with Crippen LogP contribution in [0.1, 0.15) is 18.9 Å². The summed E-state index contributed by atoms with van der Waals surface area (Å²) in [6, 6.07) is 11.3. The molecule has 1 atom stereocenters. The number of anilines is 1. The molecule has 0 aromatic heterocycles. The Morgan fingerprint density at radius 3 is 2.46 bits per heavy atom. The number of halogens is 1. The minimum absolute atomic E-state index is 0.0607. The van der Waals surface area contributed by atoms with E-state index in [-0.39, 0.29) is 12.3 Å². The van der Waals surface area contributed by atoms with Gasteiger partial charge in [-0.25, -0.2) is 19.3 Å². The average Bonchev–Trinajstić information content (AvgIpc) is 2.95. The Bertz CT molecular complexity index is 896. The molecule has 1 unspecified atom stereocenters. The van der Waals surface area contributed by atoms with Crippen molar-refractivity contribution in [1.29, 1.82) is 0 Å². The van der Waals surface area contributed by atoms with Gasteiger partial charge in [0, 0.05) is 30.9 Å². The Morgan fingerprint density at radius 1 is 1.21 bits per heavy atom. The Labute approximate surface area is 162 Å². The van der Waals surface area contributed by atoms with Crippen LogP contribution in [-0.2, 0) is 9.63 Å². The summed E-state index contributed by atoms with van der Waals surface area (Å²) >= 11 is 0. The molecule has 3 rings (SSSR count). The molecule has 0 bridgehead atoms. The second-order valence-electron chi connectivity index (χ2n) is 6.51. The normalized spacial score (nSPS) is 18.6. The summed E-state index contributed by atoms with van der Waals surface area (Å²) in [7, 11) is 4.69. The number of amidine groups is 1. The summed E-state index contributed by atoms with van der Waals surface area (Å²) in [4.78, 5) is 22.7. The van der Waals surface area contributed by atoms with E-state index in [9.17, 15) is 9.18 Å². The van der Waals surface area contributed by atoms with Crippen molar-refractivity contribution in [2.75, 3.05) is 26.6 Å². The number of methoxy groups -OCH3 is 2.